The molecule has 1 aliphatic heterocycles. The van der Waals surface area contributed by atoms with Gasteiger partial charge in [0, 0.05) is 17.0 Å². The summed E-state index contributed by atoms with van der Waals surface area (Å²) in [5.41, 5.74) is 0.905. The lowest BCUT2D eigenvalue weighted by Gasteiger charge is -2.24. The van der Waals surface area contributed by atoms with Gasteiger partial charge in [0.2, 0.25) is 17.7 Å². The molecule has 2 aromatic rings. The van der Waals surface area contributed by atoms with Gasteiger partial charge in [-0.2, -0.15) is 0 Å². The molecule has 0 radical (unpaired) electrons. The number of carboxylic acids is 1. The number of hydrogen-bond acceptors (Lipinski definition) is 5. The van der Waals surface area contributed by atoms with Crippen molar-refractivity contribution in [1.29, 1.82) is 0 Å². The van der Waals surface area contributed by atoms with Crippen molar-refractivity contribution in [2.45, 2.75) is 29.4 Å². The summed E-state index contributed by atoms with van der Waals surface area (Å²) in [5.74, 6) is -3.36. The van der Waals surface area contributed by atoms with Crippen molar-refractivity contribution in [3.8, 4) is 0 Å². The first-order chi connectivity index (χ1) is 16.2. The highest BCUT2D eigenvalue weighted by molar-refractivity contribution is 8.00. The Morgan fingerprint density at radius 1 is 0.971 bits per heavy atom. The van der Waals surface area contributed by atoms with Crippen molar-refractivity contribution in [1.82, 2.24) is 0 Å². The minimum absolute atomic E-state index is 0.0496. The normalized spacial score (nSPS) is 22.2. The molecule has 176 valence electrons. The Bertz CT molecular complexity index is 1180. The molecule has 2 N–H and O–H groups in total. The van der Waals surface area contributed by atoms with E-state index in [9.17, 15) is 24.3 Å². The van der Waals surface area contributed by atoms with Crippen molar-refractivity contribution < 1.29 is 24.3 Å². The van der Waals surface area contributed by atoms with Gasteiger partial charge in [-0.25, -0.2) is 4.90 Å². The lowest BCUT2D eigenvalue weighted by molar-refractivity contribution is -0.146. The molecule has 1 heterocycles. The number of aliphatic carboxylic acids is 1. The van der Waals surface area contributed by atoms with Gasteiger partial charge in [0.15, 0.2) is 0 Å². The zero-order valence-electron chi connectivity index (χ0n) is 17.7. The molecule has 1 fully saturated rings. The predicted octanol–water partition coefficient (Wildman–Crippen LogP) is 5.02. The summed E-state index contributed by atoms with van der Waals surface area (Å²) in [4.78, 5) is 51.3. The Morgan fingerprint density at radius 2 is 1.65 bits per heavy atom. The average Bonchev–Trinajstić information content (AvgIpc) is 3.09. The van der Waals surface area contributed by atoms with Crippen LogP contribution in [0.5, 0.6) is 0 Å². The van der Waals surface area contributed by atoms with Crippen molar-refractivity contribution in [3.63, 3.8) is 0 Å². The molecular formula is C24H20Cl2N2O5S. The number of benzene rings is 2. The number of carboxylic acid groups (broad SMARTS) is 1. The topological polar surface area (TPSA) is 104 Å². The first-order valence-corrected chi connectivity index (χ1v) is 12.2. The number of amides is 3. The number of hydrogen-bond donors (Lipinski definition) is 2. The SMILES string of the molecule is O=C(Nc1ccc(S[C@H]2CC(=O)N(c3ccc(Cl)c(Cl)c3)C2=O)cc1)[C@H]1CC=CC[C@H]1C(=O)O. The molecule has 4 rings (SSSR count). The number of carbonyl (C=O) groups is 4. The quantitative estimate of drug-likeness (QED) is 0.410. The van der Waals surface area contributed by atoms with Crippen LogP contribution in [0.1, 0.15) is 19.3 Å². The van der Waals surface area contributed by atoms with Crippen LogP contribution < -0.4 is 10.2 Å². The molecule has 2 aromatic carbocycles. The molecule has 0 spiro atoms. The first-order valence-electron chi connectivity index (χ1n) is 10.5. The van der Waals surface area contributed by atoms with Crippen LogP contribution in [-0.4, -0.2) is 34.0 Å². The Morgan fingerprint density at radius 3 is 2.29 bits per heavy atom. The molecule has 0 bridgehead atoms. The molecule has 1 saturated heterocycles. The molecule has 0 aromatic heterocycles. The third-order valence-electron chi connectivity index (χ3n) is 5.75. The lowest BCUT2D eigenvalue weighted by Crippen LogP contribution is -2.34. The molecule has 1 aliphatic carbocycles. The highest BCUT2D eigenvalue weighted by Crippen LogP contribution is 2.36. The number of anilines is 2. The van der Waals surface area contributed by atoms with Gasteiger partial charge in [-0.15, -0.1) is 11.8 Å². The van der Waals surface area contributed by atoms with E-state index in [4.69, 9.17) is 23.2 Å². The van der Waals surface area contributed by atoms with E-state index in [1.54, 1.807) is 36.4 Å². The zero-order valence-corrected chi connectivity index (χ0v) is 20.1. The van der Waals surface area contributed by atoms with Gasteiger partial charge in [0.05, 0.1) is 32.8 Å². The smallest absolute Gasteiger partial charge is 0.307 e. The van der Waals surface area contributed by atoms with Crippen molar-refractivity contribution in [3.05, 3.63) is 64.7 Å². The monoisotopic (exact) mass is 518 g/mol. The predicted molar refractivity (Wildman–Crippen MR) is 131 cm³/mol. The van der Waals surface area contributed by atoms with Gasteiger partial charge in [-0.1, -0.05) is 35.4 Å². The van der Waals surface area contributed by atoms with Gasteiger partial charge in [-0.05, 0) is 55.3 Å². The Hall–Kier alpha value is -2.81. The summed E-state index contributed by atoms with van der Waals surface area (Å²) in [6.45, 7) is 0. The molecule has 10 heteroatoms. The summed E-state index contributed by atoms with van der Waals surface area (Å²) in [5, 5.41) is 12.1. The van der Waals surface area contributed by atoms with Gasteiger partial charge < -0.3 is 10.4 Å². The average molecular weight is 519 g/mol. The molecule has 7 nitrogen and oxygen atoms in total. The second-order valence-electron chi connectivity index (χ2n) is 7.98. The maximum absolute atomic E-state index is 12.9. The van der Waals surface area contributed by atoms with Crippen LogP contribution in [0, 0.1) is 11.8 Å². The standard InChI is InChI=1S/C24H20Cl2N2O5S/c25-18-10-7-14(11-19(18)26)28-21(29)12-20(23(28)31)34-15-8-5-13(6-9-15)27-22(30)16-3-1-2-4-17(16)24(32)33/h1-2,5-11,16-17,20H,3-4,12H2,(H,27,30)(H,32,33)/t16-,17+,20-/m0/s1. The van der Waals surface area contributed by atoms with Gasteiger partial charge >= 0.3 is 5.97 Å². The van der Waals surface area contributed by atoms with E-state index in [1.165, 1.54) is 23.9 Å². The Balaban J connectivity index is 1.40. The van der Waals surface area contributed by atoms with Crippen LogP contribution >= 0.6 is 35.0 Å². The largest absolute Gasteiger partial charge is 0.481 e. The second kappa shape index (κ2) is 10.2. The van der Waals surface area contributed by atoms with Crippen LogP contribution in [0.25, 0.3) is 0 Å². The highest BCUT2D eigenvalue weighted by atomic mass is 35.5. The van der Waals surface area contributed by atoms with Crippen molar-refractivity contribution >= 4 is 70.0 Å². The number of thioether (sulfide) groups is 1. The minimum atomic E-state index is -0.984. The fourth-order valence-electron chi connectivity index (χ4n) is 3.98. The van der Waals surface area contributed by atoms with Gasteiger partial charge in [0.1, 0.15) is 0 Å². The summed E-state index contributed by atoms with van der Waals surface area (Å²) in [7, 11) is 0. The molecule has 3 atom stereocenters. The van der Waals surface area contributed by atoms with E-state index in [2.05, 4.69) is 5.32 Å². The molecule has 0 saturated carbocycles. The summed E-state index contributed by atoms with van der Waals surface area (Å²) in [6, 6.07) is 11.5. The van der Waals surface area contributed by atoms with Crippen LogP contribution in [-0.2, 0) is 19.2 Å². The van der Waals surface area contributed by atoms with Gasteiger partial charge in [0.25, 0.3) is 0 Å². The fourth-order valence-corrected chi connectivity index (χ4v) is 5.33. The second-order valence-corrected chi connectivity index (χ2v) is 10.1. The Kier molecular flexibility index (Phi) is 7.30. The summed E-state index contributed by atoms with van der Waals surface area (Å²) in [6.07, 6.45) is 4.37. The van der Waals surface area contributed by atoms with Crippen LogP contribution in [0.4, 0.5) is 11.4 Å². The molecule has 2 aliphatic rings. The van der Waals surface area contributed by atoms with E-state index in [1.807, 2.05) is 6.08 Å². The maximum Gasteiger partial charge on any atom is 0.307 e. The number of nitrogens with zero attached hydrogens (tertiary/aromatic N) is 1. The molecular weight excluding hydrogens is 499 g/mol. The van der Waals surface area contributed by atoms with Crippen LogP contribution in [0.15, 0.2) is 59.5 Å². The van der Waals surface area contributed by atoms with E-state index < -0.39 is 23.1 Å². The number of rotatable bonds is 6. The first kappa shape index (κ1) is 24.3. The zero-order chi connectivity index (χ0) is 24.4. The van der Waals surface area contributed by atoms with Crippen molar-refractivity contribution in [2.75, 3.05) is 10.2 Å². The van der Waals surface area contributed by atoms with E-state index in [-0.39, 0.29) is 29.2 Å². The van der Waals surface area contributed by atoms with E-state index in [0.717, 1.165) is 9.80 Å². The lowest BCUT2D eigenvalue weighted by atomic mass is 9.82. The highest BCUT2D eigenvalue weighted by Gasteiger charge is 2.40. The summed E-state index contributed by atoms with van der Waals surface area (Å²) < 4.78 is 0. The number of carbonyl (C=O) groups excluding carboxylic acids is 3. The fraction of sp³-hybridized carbons (Fsp3) is 0.250. The Labute approximate surface area is 210 Å². The van der Waals surface area contributed by atoms with Crippen LogP contribution in [0.3, 0.4) is 0 Å². The van der Waals surface area contributed by atoms with Crippen molar-refractivity contribution in [2.24, 2.45) is 11.8 Å². The summed E-state index contributed by atoms with van der Waals surface area (Å²) >= 11 is 13.2. The number of nitrogens with one attached hydrogen (secondary N) is 1. The van der Waals surface area contributed by atoms with E-state index in [0.29, 0.717) is 29.2 Å². The number of allylic oxidation sites excluding steroid dienone is 2. The minimum Gasteiger partial charge on any atom is -0.481 e. The molecule has 0 unspecified atom stereocenters. The molecule has 3 amide bonds. The van der Waals surface area contributed by atoms with Gasteiger partial charge in [-0.3, -0.25) is 19.2 Å². The maximum atomic E-state index is 12.9. The third-order valence-corrected chi connectivity index (χ3v) is 7.69. The van der Waals surface area contributed by atoms with E-state index >= 15 is 0 Å². The third kappa shape index (κ3) is 5.14. The molecule has 34 heavy (non-hydrogen) atoms. The number of halogens is 2. The van der Waals surface area contributed by atoms with Crippen LogP contribution in [0.2, 0.25) is 10.0 Å². The number of imide groups is 1.